The van der Waals surface area contributed by atoms with E-state index in [0.717, 1.165) is 16.8 Å². The Bertz CT molecular complexity index is 212. The molecular formula is C7H10ClNS2. The van der Waals surface area contributed by atoms with Gasteiger partial charge in [-0.3, -0.25) is 0 Å². The molecule has 11 heavy (non-hydrogen) atoms. The molecular weight excluding hydrogens is 198 g/mol. The predicted octanol–water partition coefficient (Wildman–Crippen LogP) is 3.06. The Kier molecular flexibility index (Phi) is 4.30. The molecule has 0 bridgehead atoms. The molecule has 0 aliphatic rings. The highest BCUT2D eigenvalue weighted by molar-refractivity contribution is 8.01. The van der Waals surface area contributed by atoms with Crippen LogP contribution in [0.4, 0.5) is 0 Å². The highest BCUT2D eigenvalue weighted by Gasteiger charge is 1.96. The van der Waals surface area contributed by atoms with E-state index in [1.807, 2.05) is 6.07 Å². The van der Waals surface area contributed by atoms with Crippen LogP contribution >= 0.6 is 34.7 Å². The van der Waals surface area contributed by atoms with E-state index in [1.54, 1.807) is 23.1 Å². The molecule has 1 aromatic heterocycles. The number of thiophene rings is 1. The van der Waals surface area contributed by atoms with Gasteiger partial charge in [0.05, 0.1) is 8.55 Å². The normalized spacial score (nSPS) is 10.4. The first-order valence-electron chi connectivity index (χ1n) is 3.41. The summed E-state index contributed by atoms with van der Waals surface area (Å²) < 4.78 is 2.14. The molecule has 0 amide bonds. The highest BCUT2D eigenvalue weighted by atomic mass is 35.5. The van der Waals surface area contributed by atoms with Crippen molar-refractivity contribution in [2.24, 2.45) is 0 Å². The van der Waals surface area contributed by atoms with E-state index in [-0.39, 0.29) is 0 Å². The lowest BCUT2D eigenvalue weighted by atomic mass is 10.7. The van der Waals surface area contributed by atoms with Gasteiger partial charge in [-0.1, -0.05) is 30.3 Å². The van der Waals surface area contributed by atoms with E-state index in [0.29, 0.717) is 0 Å². The smallest absolute Gasteiger partial charge is 0.0940 e. The van der Waals surface area contributed by atoms with Crippen molar-refractivity contribution in [3.8, 4) is 0 Å². The molecule has 0 saturated heterocycles. The van der Waals surface area contributed by atoms with Gasteiger partial charge in [-0.05, 0) is 18.7 Å². The van der Waals surface area contributed by atoms with Gasteiger partial charge in [0.25, 0.3) is 0 Å². The Hall–Kier alpha value is 0.300. The van der Waals surface area contributed by atoms with Crippen LogP contribution in [-0.2, 0) is 0 Å². The Labute approximate surface area is 80.1 Å². The topological polar surface area (TPSA) is 12.0 Å². The van der Waals surface area contributed by atoms with Gasteiger partial charge in [0.2, 0.25) is 0 Å². The van der Waals surface area contributed by atoms with Gasteiger partial charge in [0.15, 0.2) is 0 Å². The fourth-order valence-corrected chi connectivity index (χ4v) is 2.81. The first kappa shape index (κ1) is 9.39. The number of rotatable bonds is 4. The zero-order chi connectivity index (χ0) is 8.10. The summed E-state index contributed by atoms with van der Waals surface area (Å²) in [4.78, 5) is 0. The van der Waals surface area contributed by atoms with Crippen LogP contribution in [0.25, 0.3) is 0 Å². The largest absolute Gasteiger partial charge is 0.308 e. The maximum absolute atomic E-state index is 5.76. The summed E-state index contributed by atoms with van der Waals surface area (Å²) in [5.74, 6) is 0.966. The quantitative estimate of drug-likeness (QED) is 0.463. The first-order chi connectivity index (χ1) is 5.33. The second-order valence-corrected chi connectivity index (χ2v) is 4.94. The van der Waals surface area contributed by atoms with Crippen molar-refractivity contribution < 1.29 is 0 Å². The highest BCUT2D eigenvalue weighted by Crippen LogP contribution is 2.29. The van der Waals surface area contributed by atoms with Crippen LogP contribution in [0.15, 0.2) is 16.3 Å². The molecule has 0 saturated carbocycles. The Balaban J connectivity index is 2.27. The molecule has 1 heterocycles. The van der Waals surface area contributed by atoms with E-state index < -0.39 is 0 Å². The zero-order valence-electron chi connectivity index (χ0n) is 6.26. The average molecular weight is 208 g/mol. The maximum Gasteiger partial charge on any atom is 0.0940 e. The minimum Gasteiger partial charge on any atom is -0.308 e. The summed E-state index contributed by atoms with van der Waals surface area (Å²) in [6, 6.07) is 3.98. The van der Waals surface area contributed by atoms with Crippen molar-refractivity contribution in [1.82, 2.24) is 5.32 Å². The monoisotopic (exact) mass is 207 g/mol. The van der Waals surface area contributed by atoms with E-state index in [4.69, 9.17) is 11.6 Å². The molecule has 0 atom stereocenters. The lowest BCUT2D eigenvalue weighted by Gasteiger charge is -1.96. The van der Waals surface area contributed by atoms with Gasteiger partial charge < -0.3 is 5.32 Å². The van der Waals surface area contributed by atoms with Crippen LogP contribution in [0.5, 0.6) is 0 Å². The Morgan fingerprint density at radius 1 is 1.64 bits per heavy atom. The number of halogens is 1. The van der Waals surface area contributed by atoms with Crippen molar-refractivity contribution in [2.45, 2.75) is 11.1 Å². The fraction of sp³-hybridized carbons (Fsp3) is 0.429. The fourth-order valence-electron chi connectivity index (χ4n) is 0.599. The van der Waals surface area contributed by atoms with E-state index in [9.17, 15) is 0 Å². The third-order valence-corrected chi connectivity index (χ3v) is 3.51. The van der Waals surface area contributed by atoms with E-state index in [1.165, 1.54) is 4.21 Å². The molecule has 0 aliphatic carbocycles. The second kappa shape index (κ2) is 5.04. The van der Waals surface area contributed by atoms with Crippen LogP contribution in [0.3, 0.4) is 0 Å². The number of hydrogen-bond acceptors (Lipinski definition) is 3. The lowest BCUT2D eigenvalue weighted by Crippen LogP contribution is -2.10. The van der Waals surface area contributed by atoms with Crippen LogP contribution in [-0.4, -0.2) is 12.4 Å². The van der Waals surface area contributed by atoms with Crippen molar-refractivity contribution in [3.05, 3.63) is 16.5 Å². The lowest BCUT2D eigenvalue weighted by molar-refractivity contribution is 0.840. The van der Waals surface area contributed by atoms with Gasteiger partial charge in [-0.2, -0.15) is 0 Å². The minimum atomic E-state index is 0.865. The molecule has 1 nitrogen and oxygen atoms in total. The molecule has 62 valence electrons. The number of thioether (sulfide) groups is 1. The first-order valence-corrected chi connectivity index (χ1v) is 5.59. The SMILES string of the molecule is CCNCSc1ccc(Cl)s1. The van der Waals surface area contributed by atoms with Crippen molar-refractivity contribution in [2.75, 3.05) is 12.4 Å². The van der Waals surface area contributed by atoms with Crippen molar-refractivity contribution >= 4 is 34.7 Å². The molecule has 1 N–H and O–H groups in total. The van der Waals surface area contributed by atoms with E-state index in [2.05, 4.69) is 18.3 Å². The molecule has 1 aromatic rings. The van der Waals surface area contributed by atoms with Crippen LogP contribution in [0.1, 0.15) is 6.92 Å². The standard InChI is InChI=1S/C7H10ClNS2/c1-2-9-5-10-7-4-3-6(8)11-7/h3-4,9H,2,5H2,1H3. The third-order valence-electron chi connectivity index (χ3n) is 1.12. The molecule has 0 radical (unpaired) electrons. The van der Waals surface area contributed by atoms with Gasteiger partial charge in [0, 0.05) is 5.88 Å². The Morgan fingerprint density at radius 3 is 3.00 bits per heavy atom. The van der Waals surface area contributed by atoms with Crippen molar-refractivity contribution in [3.63, 3.8) is 0 Å². The molecule has 0 fully saturated rings. The molecule has 1 rings (SSSR count). The molecule has 4 heteroatoms. The van der Waals surface area contributed by atoms with Gasteiger partial charge >= 0.3 is 0 Å². The maximum atomic E-state index is 5.76. The number of nitrogens with one attached hydrogen (secondary N) is 1. The molecule has 0 aliphatic heterocycles. The molecule has 0 unspecified atom stereocenters. The zero-order valence-corrected chi connectivity index (χ0v) is 8.65. The summed E-state index contributed by atoms with van der Waals surface area (Å²) in [5, 5.41) is 3.23. The summed E-state index contributed by atoms with van der Waals surface area (Å²) in [6.07, 6.45) is 0. The summed E-state index contributed by atoms with van der Waals surface area (Å²) >= 11 is 9.17. The summed E-state index contributed by atoms with van der Waals surface area (Å²) in [5.41, 5.74) is 0. The molecule has 0 spiro atoms. The summed E-state index contributed by atoms with van der Waals surface area (Å²) in [6.45, 7) is 3.12. The van der Waals surface area contributed by atoms with Gasteiger partial charge in [0.1, 0.15) is 0 Å². The van der Waals surface area contributed by atoms with Crippen molar-refractivity contribution in [1.29, 1.82) is 0 Å². The molecule has 0 aromatic carbocycles. The van der Waals surface area contributed by atoms with Gasteiger partial charge in [-0.15, -0.1) is 11.3 Å². The summed E-state index contributed by atoms with van der Waals surface area (Å²) in [7, 11) is 0. The van der Waals surface area contributed by atoms with Crippen LogP contribution < -0.4 is 5.32 Å². The average Bonchev–Trinajstić information content (AvgIpc) is 2.37. The van der Waals surface area contributed by atoms with Gasteiger partial charge in [-0.25, -0.2) is 0 Å². The number of hydrogen-bond donors (Lipinski definition) is 1. The van der Waals surface area contributed by atoms with E-state index >= 15 is 0 Å². The second-order valence-electron chi connectivity index (χ2n) is 1.95. The van der Waals surface area contributed by atoms with Crippen LogP contribution in [0, 0.1) is 0 Å². The Morgan fingerprint density at radius 2 is 2.45 bits per heavy atom. The third kappa shape index (κ3) is 3.47. The predicted molar refractivity (Wildman–Crippen MR) is 53.7 cm³/mol. The van der Waals surface area contributed by atoms with Crippen LogP contribution in [0.2, 0.25) is 4.34 Å². The minimum absolute atomic E-state index is 0.865.